The molecule has 0 saturated carbocycles. The second-order valence-electron chi connectivity index (χ2n) is 3.54. The van der Waals surface area contributed by atoms with Crippen LogP contribution < -0.4 is 0 Å². The van der Waals surface area contributed by atoms with Crippen LogP contribution in [0.25, 0.3) is 0 Å². The van der Waals surface area contributed by atoms with Crippen LogP contribution in [0.1, 0.15) is 6.92 Å². The van der Waals surface area contributed by atoms with Gasteiger partial charge in [0.15, 0.2) is 10.6 Å². The van der Waals surface area contributed by atoms with Crippen LogP contribution in [0.5, 0.6) is 0 Å². The van der Waals surface area contributed by atoms with E-state index in [9.17, 15) is 9.90 Å². The van der Waals surface area contributed by atoms with E-state index in [1.165, 1.54) is 6.92 Å². The van der Waals surface area contributed by atoms with Crippen molar-refractivity contribution >= 4 is 44.2 Å². The fourth-order valence-corrected chi connectivity index (χ4v) is 1.60. The number of thioether (sulfide) groups is 1. The van der Waals surface area contributed by atoms with Crippen LogP contribution in [0.2, 0.25) is 0 Å². The van der Waals surface area contributed by atoms with Gasteiger partial charge >= 0.3 is 27.3 Å². The molecule has 0 aliphatic heterocycles. The molecular formula is C7H18NO2PbS+. The first-order valence-corrected chi connectivity index (χ1v) is 4.35. The third-order valence-electron chi connectivity index (χ3n) is 1.01. The Balaban J connectivity index is 0. The molecule has 0 amide bonds. The zero-order valence-electron chi connectivity index (χ0n) is 8.20. The fraction of sp³-hybridized carbons (Fsp3) is 0.857. The standard InChI is InChI=1S/C7H16NO2S.Pb.2H/c1-6(9)11-7(10)5-8(2,3)4;;;/h7,10H,5H2,1-4H3;;;/q+1;;;. The summed E-state index contributed by atoms with van der Waals surface area (Å²) in [6.07, 6.45) is 0. The van der Waals surface area contributed by atoms with Crippen molar-refractivity contribution in [2.75, 3.05) is 27.7 Å². The van der Waals surface area contributed by atoms with Crippen LogP contribution in [0, 0.1) is 0 Å². The van der Waals surface area contributed by atoms with Gasteiger partial charge in [-0.05, 0) is 0 Å². The summed E-state index contributed by atoms with van der Waals surface area (Å²) in [6.45, 7) is 2.05. The third kappa shape index (κ3) is 10.9. The first-order valence-electron chi connectivity index (χ1n) is 3.47. The zero-order valence-corrected chi connectivity index (χ0v) is 14.5. The molecule has 0 saturated heterocycles. The zero-order chi connectivity index (χ0) is 9.07. The molecule has 1 atom stereocenters. The van der Waals surface area contributed by atoms with Crippen molar-refractivity contribution in [1.29, 1.82) is 0 Å². The average molecular weight is 387 g/mol. The minimum atomic E-state index is -0.576. The van der Waals surface area contributed by atoms with Crippen molar-refractivity contribution in [1.82, 2.24) is 0 Å². The molecule has 0 aromatic carbocycles. The van der Waals surface area contributed by atoms with Gasteiger partial charge in [0.1, 0.15) is 6.54 Å². The van der Waals surface area contributed by atoms with Crippen molar-refractivity contribution in [3.8, 4) is 0 Å². The Morgan fingerprint density at radius 1 is 1.50 bits per heavy atom. The van der Waals surface area contributed by atoms with Crippen molar-refractivity contribution in [2.45, 2.75) is 12.4 Å². The molecule has 72 valence electrons. The Morgan fingerprint density at radius 3 is 2.17 bits per heavy atom. The molecule has 0 aromatic heterocycles. The summed E-state index contributed by atoms with van der Waals surface area (Å²) in [4.78, 5) is 10.5. The molecule has 0 rings (SSSR count). The van der Waals surface area contributed by atoms with Gasteiger partial charge in [0.2, 0.25) is 0 Å². The molecule has 2 radical (unpaired) electrons. The number of carbonyl (C=O) groups excluding carboxylic acids is 1. The van der Waals surface area contributed by atoms with Crippen LogP contribution in [0.15, 0.2) is 0 Å². The van der Waals surface area contributed by atoms with Gasteiger partial charge in [-0.2, -0.15) is 0 Å². The fourth-order valence-electron chi connectivity index (χ4n) is 0.697. The Morgan fingerprint density at radius 2 is 1.92 bits per heavy atom. The van der Waals surface area contributed by atoms with Crippen molar-refractivity contribution in [3.63, 3.8) is 0 Å². The number of hydrogen-bond donors (Lipinski definition) is 1. The molecule has 12 heavy (non-hydrogen) atoms. The van der Waals surface area contributed by atoms with E-state index < -0.39 is 5.44 Å². The van der Waals surface area contributed by atoms with E-state index in [4.69, 9.17) is 0 Å². The number of carbonyl (C=O) groups is 1. The normalized spacial score (nSPS) is 13.4. The Bertz CT molecular complexity index is 147. The molecule has 0 aromatic rings. The number of rotatable bonds is 3. The number of hydrogen-bond acceptors (Lipinski definition) is 3. The van der Waals surface area contributed by atoms with E-state index in [0.717, 1.165) is 11.8 Å². The Labute approximate surface area is 98.3 Å². The molecule has 0 heterocycles. The second kappa shape index (κ2) is 6.34. The van der Waals surface area contributed by atoms with Gasteiger partial charge in [-0.3, -0.25) is 4.79 Å². The van der Waals surface area contributed by atoms with Crippen molar-refractivity contribution < 1.29 is 14.4 Å². The number of nitrogens with zero attached hydrogens (tertiary/aromatic N) is 1. The number of likely N-dealkylation sites (N-methyl/N-ethyl adjacent to an activating group) is 1. The van der Waals surface area contributed by atoms with Crippen molar-refractivity contribution in [2.24, 2.45) is 0 Å². The van der Waals surface area contributed by atoms with E-state index in [1.54, 1.807) is 0 Å². The summed E-state index contributed by atoms with van der Waals surface area (Å²) >= 11 is 0.982. The molecule has 5 heteroatoms. The summed E-state index contributed by atoms with van der Waals surface area (Å²) in [5.41, 5.74) is -0.576. The molecule has 0 fully saturated rings. The average Bonchev–Trinajstić information content (AvgIpc) is 1.53. The molecule has 0 spiro atoms. The van der Waals surface area contributed by atoms with E-state index >= 15 is 0 Å². The predicted molar refractivity (Wildman–Crippen MR) is 55.7 cm³/mol. The topological polar surface area (TPSA) is 37.3 Å². The Kier molecular flexibility index (Phi) is 8.10. The first kappa shape index (κ1) is 15.3. The number of aliphatic hydroxyl groups excluding tert-OH is 1. The van der Waals surface area contributed by atoms with E-state index in [-0.39, 0.29) is 32.4 Å². The summed E-state index contributed by atoms with van der Waals surface area (Å²) in [5.74, 6) is 0. The molecule has 0 aliphatic rings. The third-order valence-corrected chi connectivity index (χ3v) is 1.76. The van der Waals surface area contributed by atoms with E-state index in [0.29, 0.717) is 11.0 Å². The van der Waals surface area contributed by atoms with Crippen molar-refractivity contribution in [3.05, 3.63) is 0 Å². The molecule has 0 aliphatic carbocycles. The summed E-state index contributed by atoms with van der Waals surface area (Å²) < 4.78 is 0.668. The molecule has 0 bridgehead atoms. The maximum atomic E-state index is 10.5. The quantitative estimate of drug-likeness (QED) is 0.398. The summed E-state index contributed by atoms with van der Waals surface area (Å²) in [6, 6.07) is 0. The van der Waals surface area contributed by atoms with Gasteiger partial charge in [0, 0.05) is 6.92 Å². The van der Waals surface area contributed by atoms with Gasteiger partial charge in [-0.15, -0.1) is 0 Å². The monoisotopic (exact) mass is 388 g/mol. The minimum absolute atomic E-state index is 0. The van der Waals surface area contributed by atoms with Gasteiger partial charge < -0.3 is 9.59 Å². The number of aliphatic hydroxyl groups is 1. The summed E-state index contributed by atoms with van der Waals surface area (Å²) in [7, 11) is 5.93. The second-order valence-corrected chi connectivity index (χ2v) is 4.89. The summed E-state index contributed by atoms with van der Waals surface area (Å²) in [5, 5.41) is 9.25. The van der Waals surface area contributed by atoms with Crippen LogP contribution in [0.4, 0.5) is 0 Å². The SMILES string of the molecule is CC(=O)SC(O)C[N+](C)(C)C.[PbH2]. The van der Waals surface area contributed by atoms with Gasteiger partial charge in [0.05, 0.1) is 21.1 Å². The number of quaternary nitrogens is 1. The van der Waals surface area contributed by atoms with E-state index in [1.807, 2.05) is 21.1 Å². The van der Waals surface area contributed by atoms with Crippen LogP contribution in [0.3, 0.4) is 0 Å². The van der Waals surface area contributed by atoms with Crippen LogP contribution in [-0.4, -0.2) is 75.1 Å². The molecule has 1 N–H and O–H groups in total. The molecule has 1 unspecified atom stereocenters. The predicted octanol–water partition coefficient (Wildman–Crippen LogP) is -0.626. The molecular weight excluding hydrogens is 369 g/mol. The van der Waals surface area contributed by atoms with Gasteiger partial charge in [-0.1, -0.05) is 11.8 Å². The Hall–Kier alpha value is 0.862. The van der Waals surface area contributed by atoms with Crippen LogP contribution >= 0.6 is 11.8 Å². The van der Waals surface area contributed by atoms with Crippen LogP contribution in [-0.2, 0) is 4.79 Å². The van der Waals surface area contributed by atoms with Gasteiger partial charge in [0.25, 0.3) is 0 Å². The van der Waals surface area contributed by atoms with E-state index in [2.05, 4.69) is 0 Å². The first-order chi connectivity index (χ1) is 4.81. The maximum absolute atomic E-state index is 10.5. The van der Waals surface area contributed by atoms with Gasteiger partial charge in [-0.25, -0.2) is 0 Å². The molecule has 3 nitrogen and oxygen atoms in total.